The van der Waals surface area contributed by atoms with Crippen molar-refractivity contribution >= 4 is 34.4 Å². The van der Waals surface area contributed by atoms with E-state index in [1.807, 2.05) is 5.32 Å². The first-order valence-electron chi connectivity index (χ1n) is 5.06. The quantitative estimate of drug-likeness (QED) is 0.338. The largest absolute Gasteiger partial charge is 0.444 e. The first-order valence-corrected chi connectivity index (χ1v) is 6.14. The van der Waals surface area contributed by atoms with Gasteiger partial charge in [-0.2, -0.15) is 0 Å². The zero-order valence-corrected chi connectivity index (χ0v) is 12.4. The van der Waals surface area contributed by atoms with Crippen LogP contribution in [0.2, 0.25) is 0 Å². The first-order chi connectivity index (χ1) is 8.54. The Morgan fingerprint density at radius 2 is 1.53 bits per heavy atom. The van der Waals surface area contributed by atoms with Crippen molar-refractivity contribution in [2.45, 2.75) is 26.4 Å². The van der Waals surface area contributed by atoms with Crippen molar-refractivity contribution in [3.8, 4) is 0 Å². The molecule has 106 valence electrons. The third kappa shape index (κ3) is 3.71. The summed E-state index contributed by atoms with van der Waals surface area (Å²) in [6, 6.07) is 0. The van der Waals surface area contributed by atoms with E-state index in [1.165, 1.54) is 22.6 Å². The van der Waals surface area contributed by atoms with Crippen molar-refractivity contribution in [3.63, 3.8) is 0 Å². The van der Waals surface area contributed by atoms with E-state index in [9.17, 15) is 22.4 Å². The molecule has 0 radical (unpaired) electrons. The van der Waals surface area contributed by atoms with Crippen LogP contribution in [-0.4, -0.2) is 11.7 Å². The van der Waals surface area contributed by atoms with E-state index in [1.54, 1.807) is 20.8 Å². The molecule has 19 heavy (non-hydrogen) atoms. The van der Waals surface area contributed by atoms with Gasteiger partial charge in [-0.3, -0.25) is 5.32 Å². The van der Waals surface area contributed by atoms with Gasteiger partial charge in [0.1, 0.15) is 5.60 Å². The summed E-state index contributed by atoms with van der Waals surface area (Å²) in [5.74, 6) is -7.19. The average molecular weight is 391 g/mol. The molecule has 0 aromatic heterocycles. The summed E-state index contributed by atoms with van der Waals surface area (Å²) < 4.78 is 56.8. The van der Waals surface area contributed by atoms with Crippen LogP contribution in [0, 0.1) is 26.8 Å². The van der Waals surface area contributed by atoms with Crippen LogP contribution in [0.5, 0.6) is 0 Å². The Morgan fingerprint density at radius 3 is 2.00 bits per heavy atom. The number of anilines is 1. The van der Waals surface area contributed by atoms with Gasteiger partial charge >= 0.3 is 6.09 Å². The van der Waals surface area contributed by atoms with E-state index >= 15 is 0 Å². The van der Waals surface area contributed by atoms with Crippen LogP contribution in [0.15, 0.2) is 0 Å². The van der Waals surface area contributed by atoms with Gasteiger partial charge in [-0.25, -0.2) is 22.4 Å². The Morgan fingerprint density at radius 1 is 1.05 bits per heavy atom. The molecule has 0 bridgehead atoms. The summed E-state index contributed by atoms with van der Waals surface area (Å²) in [6.45, 7) is 4.67. The molecule has 0 aliphatic carbocycles. The first kappa shape index (κ1) is 16.0. The number of nitrogens with one attached hydrogen (secondary N) is 1. The predicted molar refractivity (Wildman–Crippen MR) is 68.8 cm³/mol. The van der Waals surface area contributed by atoms with Crippen LogP contribution in [0.4, 0.5) is 28.0 Å². The molecule has 1 N–H and O–H groups in total. The summed E-state index contributed by atoms with van der Waals surface area (Å²) in [7, 11) is 0. The molecule has 0 saturated carbocycles. The lowest BCUT2D eigenvalue weighted by Gasteiger charge is -2.20. The fraction of sp³-hybridized carbons (Fsp3) is 0.364. The highest BCUT2D eigenvalue weighted by atomic mass is 127. The number of hydrogen-bond acceptors (Lipinski definition) is 2. The van der Waals surface area contributed by atoms with Crippen LogP contribution >= 0.6 is 22.6 Å². The standard InChI is InChI=1S/C11H10F4INO2/c1-11(2,3)19-10(18)17-9-7(15)5(13)4(12)6(14)8(9)16/h1-3H3,(H,17,18). The van der Waals surface area contributed by atoms with E-state index in [0.29, 0.717) is 0 Å². The lowest BCUT2D eigenvalue weighted by Crippen LogP contribution is -2.28. The second-order valence-electron chi connectivity index (χ2n) is 4.57. The Hall–Kier alpha value is -1.06. The Kier molecular flexibility index (Phi) is 4.64. The monoisotopic (exact) mass is 391 g/mol. The second-order valence-corrected chi connectivity index (χ2v) is 5.65. The highest BCUT2D eigenvalue weighted by Crippen LogP contribution is 2.30. The Labute approximate surface area is 120 Å². The molecule has 1 aromatic carbocycles. The molecule has 0 atom stereocenters. The van der Waals surface area contributed by atoms with E-state index in [0.717, 1.165) is 0 Å². The molecule has 8 heteroatoms. The minimum atomic E-state index is -2.00. The highest BCUT2D eigenvalue weighted by molar-refractivity contribution is 14.1. The molecular weight excluding hydrogens is 381 g/mol. The van der Waals surface area contributed by atoms with E-state index in [-0.39, 0.29) is 0 Å². The topological polar surface area (TPSA) is 38.3 Å². The summed E-state index contributed by atoms with van der Waals surface area (Å²) in [4.78, 5) is 11.4. The summed E-state index contributed by atoms with van der Waals surface area (Å²) in [5, 5.41) is 1.85. The highest BCUT2D eigenvalue weighted by Gasteiger charge is 2.26. The van der Waals surface area contributed by atoms with Crippen molar-refractivity contribution in [2.75, 3.05) is 5.32 Å². The fourth-order valence-electron chi connectivity index (χ4n) is 1.12. The molecule has 1 amide bonds. The number of benzene rings is 1. The van der Waals surface area contributed by atoms with Gasteiger partial charge < -0.3 is 4.74 Å². The SMILES string of the molecule is CC(C)(C)OC(=O)Nc1c(F)c(F)c(F)c(F)c1I. The normalized spacial score (nSPS) is 11.4. The maximum absolute atomic E-state index is 13.4. The van der Waals surface area contributed by atoms with Crippen molar-refractivity contribution in [3.05, 3.63) is 26.8 Å². The number of carbonyl (C=O) groups is 1. The van der Waals surface area contributed by atoms with Gasteiger partial charge in [0.2, 0.25) is 0 Å². The molecule has 1 aromatic rings. The molecule has 3 nitrogen and oxygen atoms in total. The van der Waals surface area contributed by atoms with Gasteiger partial charge in [0.15, 0.2) is 23.3 Å². The zero-order valence-electron chi connectivity index (χ0n) is 10.2. The second kappa shape index (κ2) is 5.51. The van der Waals surface area contributed by atoms with Crippen molar-refractivity contribution in [1.29, 1.82) is 0 Å². The van der Waals surface area contributed by atoms with E-state index < -0.39 is 44.2 Å². The Bertz CT molecular complexity index is 499. The van der Waals surface area contributed by atoms with Crippen LogP contribution in [0.3, 0.4) is 0 Å². The molecule has 1 rings (SSSR count). The smallest absolute Gasteiger partial charge is 0.412 e. The van der Waals surface area contributed by atoms with Crippen molar-refractivity contribution < 1.29 is 27.1 Å². The number of carbonyl (C=O) groups excluding carboxylic acids is 1. The minimum absolute atomic E-state index is 0.583. The minimum Gasteiger partial charge on any atom is -0.444 e. The van der Waals surface area contributed by atoms with E-state index in [4.69, 9.17) is 4.74 Å². The number of halogens is 5. The van der Waals surface area contributed by atoms with Crippen molar-refractivity contribution in [1.82, 2.24) is 0 Å². The van der Waals surface area contributed by atoms with Crippen LogP contribution in [0.25, 0.3) is 0 Å². The van der Waals surface area contributed by atoms with Gasteiger partial charge in [0, 0.05) is 0 Å². The van der Waals surface area contributed by atoms with Gasteiger partial charge in [-0.1, -0.05) is 0 Å². The zero-order chi connectivity index (χ0) is 15.0. The van der Waals surface area contributed by atoms with Gasteiger partial charge in [-0.15, -0.1) is 0 Å². The molecule has 0 aliphatic heterocycles. The molecule has 0 saturated heterocycles. The maximum Gasteiger partial charge on any atom is 0.412 e. The molecule has 0 fully saturated rings. The lowest BCUT2D eigenvalue weighted by atomic mass is 10.2. The van der Waals surface area contributed by atoms with Gasteiger partial charge in [0.05, 0.1) is 9.26 Å². The molecule has 0 heterocycles. The third-order valence-corrected chi connectivity index (χ3v) is 2.85. The fourth-order valence-corrected chi connectivity index (χ4v) is 1.73. The molecule has 0 spiro atoms. The summed E-state index contributed by atoms with van der Waals surface area (Å²) >= 11 is 1.25. The molecule has 0 aliphatic rings. The van der Waals surface area contributed by atoms with Crippen LogP contribution in [0.1, 0.15) is 20.8 Å². The van der Waals surface area contributed by atoms with E-state index in [2.05, 4.69) is 0 Å². The van der Waals surface area contributed by atoms with Gasteiger partial charge in [-0.05, 0) is 43.4 Å². The maximum atomic E-state index is 13.4. The Balaban J connectivity index is 3.13. The lowest BCUT2D eigenvalue weighted by molar-refractivity contribution is 0.0635. The van der Waals surface area contributed by atoms with Gasteiger partial charge in [0.25, 0.3) is 0 Å². The number of rotatable bonds is 1. The predicted octanol–water partition coefficient (Wildman–Crippen LogP) is 4.19. The van der Waals surface area contributed by atoms with Crippen molar-refractivity contribution in [2.24, 2.45) is 0 Å². The summed E-state index contributed by atoms with van der Waals surface area (Å²) in [5.41, 5.74) is -1.67. The van der Waals surface area contributed by atoms with Crippen LogP contribution in [-0.2, 0) is 4.74 Å². The van der Waals surface area contributed by atoms with Crippen LogP contribution < -0.4 is 5.32 Å². The summed E-state index contributed by atoms with van der Waals surface area (Å²) in [6.07, 6.45) is -1.10. The average Bonchev–Trinajstić information content (AvgIpc) is 2.27. The third-order valence-electron chi connectivity index (χ3n) is 1.84. The number of hydrogen-bond donors (Lipinski definition) is 1. The number of ether oxygens (including phenoxy) is 1. The number of amides is 1. The molecule has 0 unspecified atom stereocenters. The molecular formula is C11H10F4INO2.